The number of carboxylic acid groups (broad SMARTS) is 4. The van der Waals surface area contributed by atoms with Crippen LogP contribution in [0.1, 0.15) is 135 Å². The smallest absolute Gasteiger partial charge is 0.326 e. The van der Waals surface area contributed by atoms with Gasteiger partial charge in [0.25, 0.3) is 0 Å². The van der Waals surface area contributed by atoms with E-state index < -0.39 is 114 Å². The number of nitrogens with one attached hydrogen (secondary N) is 6. The number of fused-ring (bicyclic) bond motifs is 4. The molecule has 1 aliphatic heterocycles. The van der Waals surface area contributed by atoms with E-state index in [1.807, 2.05) is 29.5 Å². The Morgan fingerprint density at radius 2 is 1.42 bits per heavy atom. The van der Waals surface area contributed by atoms with E-state index in [0.717, 1.165) is 56.9 Å². The Hall–Kier alpha value is -5.97. The Labute approximate surface area is 455 Å². The molecular weight excluding hydrogens is 1020 g/mol. The summed E-state index contributed by atoms with van der Waals surface area (Å²) in [5.74, 6) is -6.24. The number of urea groups is 1. The lowest BCUT2D eigenvalue weighted by atomic mass is 9.73. The molecule has 5 rings (SSSR count). The first-order valence-electron chi connectivity index (χ1n) is 27.1. The van der Waals surface area contributed by atoms with E-state index >= 15 is 9.59 Å². The average molecular weight is 1100 g/mol. The first kappa shape index (κ1) is 61.9. The molecule has 10 N–H and O–H groups in total. The van der Waals surface area contributed by atoms with Gasteiger partial charge in [0.05, 0.1) is 6.42 Å². The molecule has 11 atom stereocenters. The van der Waals surface area contributed by atoms with Crippen molar-refractivity contribution < 1.29 is 68.4 Å². The highest BCUT2D eigenvalue weighted by molar-refractivity contribution is 7.98. The van der Waals surface area contributed by atoms with Crippen molar-refractivity contribution in [1.29, 1.82) is 0 Å². The zero-order valence-electron chi connectivity index (χ0n) is 45.2. The van der Waals surface area contributed by atoms with Crippen LogP contribution in [0.3, 0.4) is 0 Å². The molecule has 1 saturated heterocycles. The minimum Gasteiger partial charge on any atom is -0.481 e. The zero-order valence-corrected chi connectivity index (χ0v) is 46.1. The van der Waals surface area contributed by atoms with Crippen LogP contribution < -0.4 is 31.9 Å². The van der Waals surface area contributed by atoms with E-state index in [1.165, 1.54) is 0 Å². The van der Waals surface area contributed by atoms with Crippen LogP contribution in [0, 0.1) is 23.2 Å². The van der Waals surface area contributed by atoms with Gasteiger partial charge in [-0.05, 0) is 133 Å². The molecule has 4 fully saturated rings. The van der Waals surface area contributed by atoms with Gasteiger partial charge >= 0.3 is 29.9 Å². The van der Waals surface area contributed by atoms with E-state index in [0.29, 0.717) is 42.9 Å². The average Bonchev–Trinajstić information content (AvgIpc) is 4.07. The van der Waals surface area contributed by atoms with Crippen molar-refractivity contribution in [3.05, 3.63) is 35.9 Å². The lowest BCUT2D eigenvalue weighted by Crippen LogP contribution is -2.66. The van der Waals surface area contributed by atoms with Gasteiger partial charge in [0.15, 0.2) is 0 Å². The lowest BCUT2D eigenvalue weighted by Gasteiger charge is -2.50. The number of likely N-dealkylation sites (N-methyl/N-ethyl adjacent to an activating group) is 1. The summed E-state index contributed by atoms with van der Waals surface area (Å²) in [6.07, 6.45) is 8.37. The van der Waals surface area contributed by atoms with Crippen LogP contribution in [0.15, 0.2) is 30.3 Å². The van der Waals surface area contributed by atoms with Gasteiger partial charge in [-0.2, -0.15) is 11.8 Å². The largest absolute Gasteiger partial charge is 0.481 e. The summed E-state index contributed by atoms with van der Waals surface area (Å²) >= 11 is 1.61. The standard InChI is InChI=1S/C54H82N8O14S/c1-33-19-21-52(2)22-23-54-30-35(33)29-53(3,20-9-13-36(54)31-54)61(25-26-77-5)48(71)41(28-45(67)68)62(52)47(70)40(55-4)32-57-46(69)39(27-34-11-7-6-8-12-34)58-43(64)14-10-24-56-42(63)17-15-37(49(72)73)59-51(76)60-38(50(74)75)16-18-44(65)66/h6-8,11-12,33,35-41,55H,9-10,13-32H2,1-5H3,(H,56,63)(H,57,69)(H,58,64)(H,65,66)(H,67,68)(H,72,73)(H,74,75)(H2,59,60,76). The Bertz CT molecular complexity index is 2290. The molecular formula is C54H82N8O14S. The van der Waals surface area contributed by atoms with Crippen LogP contribution in [0.25, 0.3) is 0 Å². The van der Waals surface area contributed by atoms with Crippen molar-refractivity contribution in [2.75, 3.05) is 38.7 Å². The molecule has 1 spiro atoms. The molecule has 428 valence electrons. The number of nitrogens with zero attached hydrogens (tertiary/aromatic N) is 2. The van der Waals surface area contributed by atoms with Gasteiger partial charge in [0.2, 0.25) is 29.5 Å². The van der Waals surface area contributed by atoms with Gasteiger partial charge in [-0.1, -0.05) is 43.7 Å². The number of hydrogen-bond acceptors (Lipinski definition) is 12. The molecule has 11 unspecified atom stereocenters. The number of carbonyl (C=O) groups excluding carboxylic acids is 6. The number of amides is 7. The van der Waals surface area contributed by atoms with Crippen molar-refractivity contribution in [2.45, 2.75) is 178 Å². The number of aliphatic carboxylic acids is 4. The molecule has 1 heterocycles. The van der Waals surface area contributed by atoms with Crippen molar-refractivity contribution in [1.82, 2.24) is 41.7 Å². The van der Waals surface area contributed by atoms with Gasteiger partial charge in [0.1, 0.15) is 30.2 Å². The Morgan fingerprint density at radius 1 is 0.740 bits per heavy atom. The molecule has 0 aromatic heterocycles. The number of benzene rings is 1. The molecule has 77 heavy (non-hydrogen) atoms. The minimum atomic E-state index is -1.60. The Kier molecular flexibility index (Phi) is 22.6. The highest BCUT2D eigenvalue weighted by Crippen LogP contribution is 2.65. The fourth-order valence-corrected chi connectivity index (χ4v) is 12.5. The quantitative estimate of drug-likeness (QED) is 0.0565. The monoisotopic (exact) mass is 1100 g/mol. The Balaban J connectivity index is 1.28. The summed E-state index contributed by atoms with van der Waals surface area (Å²) in [5, 5.41) is 53.8. The van der Waals surface area contributed by atoms with Gasteiger partial charge in [-0.3, -0.25) is 33.6 Å². The molecule has 3 saturated carbocycles. The number of carbonyl (C=O) groups is 10. The van der Waals surface area contributed by atoms with Crippen molar-refractivity contribution in [2.24, 2.45) is 23.2 Å². The molecule has 7 amide bonds. The summed E-state index contributed by atoms with van der Waals surface area (Å²) in [6, 6.07) is 1.08. The van der Waals surface area contributed by atoms with Gasteiger partial charge in [-0.25, -0.2) is 14.4 Å². The van der Waals surface area contributed by atoms with Crippen molar-refractivity contribution in [3.63, 3.8) is 0 Å². The second kappa shape index (κ2) is 28.1. The van der Waals surface area contributed by atoms with Gasteiger partial charge in [0, 0.05) is 62.1 Å². The number of thioether (sulfide) groups is 1. The normalized spacial score (nSPS) is 26.5. The molecule has 1 aromatic rings. The van der Waals surface area contributed by atoms with E-state index in [4.69, 9.17) is 5.11 Å². The fraction of sp³-hybridized carbons (Fsp3) is 0.704. The van der Waals surface area contributed by atoms with E-state index in [-0.39, 0.29) is 56.5 Å². The number of rotatable bonds is 27. The molecule has 3 aliphatic carbocycles. The fourth-order valence-electron chi connectivity index (χ4n) is 12.2. The van der Waals surface area contributed by atoms with Crippen LogP contribution in [0.5, 0.6) is 0 Å². The second-order valence-corrected chi connectivity index (χ2v) is 23.3. The number of carboxylic acids is 4. The highest BCUT2D eigenvalue weighted by atomic mass is 32.2. The predicted octanol–water partition coefficient (Wildman–Crippen LogP) is 3.36. The van der Waals surface area contributed by atoms with Crippen LogP contribution in [0.2, 0.25) is 0 Å². The SMILES string of the molecule is CNC(CNC(=O)C(Cc1ccccc1)NC(=O)CCCNC(=O)CCC(NC(=O)NC(CCC(=O)O)C(=O)O)C(=O)O)C(=O)N1C(CC(=O)O)C(=O)N(CCSC)C2(C)CCCC3CC34CCC1(C)CCC(C)C(C4)C2. The molecule has 0 radical (unpaired) electrons. The van der Waals surface area contributed by atoms with Crippen molar-refractivity contribution >= 4 is 71.2 Å². The topological polar surface area (TPSA) is 330 Å². The molecule has 1 aromatic carbocycles. The first-order valence-corrected chi connectivity index (χ1v) is 28.5. The second-order valence-electron chi connectivity index (χ2n) is 22.4. The van der Waals surface area contributed by atoms with E-state index in [9.17, 15) is 53.7 Å². The number of hydrogen-bond donors (Lipinski definition) is 10. The minimum absolute atomic E-state index is 0.0142. The molecule has 22 nitrogen and oxygen atoms in total. The maximum atomic E-state index is 15.5. The third-order valence-corrected chi connectivity index (χ3v) is 17.4. The zero-order chi connectivity index (χ0) is 56.7. The maximum Gasteiger partial charge on any atom is 0.326 e. The van der Waals surface area contributed by atoms with Gasteiger partial charge in [-0.15, -0.1) is 0 Å². The summed E-state index contributed by atoms with van der Waals surface area (Å²) in [4.78, 5) is 134. The first-order chi connectivity index (χ1) is 36.4. The summed E-state index contributed by atoms with van der Waals surface area (Å²) < 4.78 is 0. The van der Waals surface area contributed by atoms with E-state index in [2.05, 4.69) is 40.4 Å². The van der Waals surface area contributed by atoms with Crippen LogP contribution in [0.4, 0.5) is 4.79 Å². The summed E-state index contributed by atoms with van der Waals surface area (Å²) in [5.41, 5.74) is -0.604. The van der Waals surface area contributed by atoms with Crippen LogP contribution in [-0.4, -0.2) is 170 Å². The maximum absolute atomic E-state index is 15.5. The molecule has 4 bridgehead atoms. The lowest BCUT2D eigenvalue weighted by molar-refractivity contribution is -0.161. The Morgan fingerprint density at radius 3 is 2.04 bits per heavy atom. The highest BCUT2D eigenvalue weighted by Gasteiger charge is 2.59. The molecule has 23 heteroatoms. The van der Waals surface area contributed by atoms with Gasteiger partial charge < -0.3 is 62.1 Å². The molecule has 4 aliphatic rings. The van der Waals surface area contributed by atoms with Crippen molar-refractivity contribution in [3.8, 4) is 0 Å². The predicted molar refractivity (Wildman–Crippen MR) is 285 cm³/mol. The van der Waals surface area contributed by atoms with E-state index in [1.54, 1.807) is 48.0 Å². The summed E-state index contributed by atoms with van der Waals surface area (Å²) in [6.45, 7) is 6.63. The van der Waals surface area contributed by atoms with Crippen LogP contribution >= 0.6 is 11.8 Å². The third kappa shape index (κ3) is 17.3. The summed E-state index contributed by atoms with van der Waals surface area (Å²) in [7, 11) is 1.58. The van der Waals surface area contributed by atoms with Crippen LogP contribution in [-0.2, 0) is 49.6 Å². The third-order valence-electron chi connectivity index (χ3n) is 16.8.